The Hall–Kier alpha value is -3.20. The summed E-state index contributed by atoms with van der Waals surface area (Å²) in [5.41, 5.74) is -0.161. The van der Waals surface area contributed by atoms with E-state index in [1.807, 2.05) is 6.07 Å². The lowest BCUT2D eigenvalue weighted by Crippen LogP contribution is -2.39. The number of benzene rings is 2. The molecule has 1 aliphatic rings. The molecule has 1 aliphatic heterocycles. The Kier molecular flexibility index (Phi) is 6.27. The number of amides is 1. The molecule has 9 heteroatoms. The molecule has 2 aromatic carbocycles. The number of nitrogens with zero attached hydrogens (tertiary/aromatic N) is 4. The van der Waals surface area contributed by atoms with Gasteiger partial charge in [0.05, 0.1) is 17.1 Å². The lowest BCUT2D eigenvalue weighted by Gasteiger charge is -2.22. The van der Waals surface area contributed by atoms with Crippen molar-refractivity contribution in [2.24, 2.45) is 0 Å². The first-order valence-electron chi connectivity index (χ1n) is 10.4. The first-order valence-corrected chi connectivity index (χ1v) is 10.4. The van der Waals surface area contributed by atoms with Gasteiger partial charge in [0.15, 0.2) is 0 Å². The monoisotopic (exact) mass is 444 g/mol. The van der Waals surface area contributed by atoms with E-state index >= 15 is 0 Å². The van der Waals surface area contributed by atoms with Crippen molar-refractivity contribution in [1.82, 2.24) is 19.6 Å². The molecule has 0 radical (unpaired) electrons. The van der Waals surface area contributed by atoms with Gasteiger partial charge in [-0.1, -0.05) is 30.3 Å². The second kappa shape index (κ2) is 9.12. The van der Waals surface area contributed by atoms with Crippen LogP contribution in [0.3, 0.4) is 0 Å². The molecule has 3 aromatic rings. The van der Waals surface area contributed by atoms with Crippen molar-refractivity contribution in [2.45, 2.75) is 25.7 Å². The topological polar surface area (TPSA) is 58.4 Å². The molecular weight excluding hydrogens is 421 g/mol. The summed E-state index contributed by atoms with van der Waals surface area (Å²) in [5.74, 6) is -0.175. The Morgan fingerprint density at radius 1 is 0.969 bits per heavy atom. The van der Waals surface area contributed by atoms with Crippen LogP contribution in [0.2, 0.25) is 0 Å². The molecule has 0 N–H and O–H groups in total. The number of alkyl halides is 3. The third-order valence-corrected chi connectivity index (χ3v) is 5.68. The fourth-order valence-electron chi connectivity index (χ4n) is 3.90. The standard InChI is InChI=1S/C23H23F3N4O2/c24-23(25,26)19-8-6-17(7-9-19)15-28-10-3-11-29(13-12-28)21(31)16-30-22(32)20-5-2-1-4-18(20)14-27-30/h1-2,4-9,14H,3,10-13,15-16H2. The predicted molar refractivity (Wildman–Crippen MR) is 114 cm³/mol. The fraction of sp³-hybridized carbons (Fsp3) is 0.348. The average Bonchev–Trinajstić information content (AvgIpc) is 3.01. The van der Waals surface area contributed by atoms with Crippen molar-refractivity contribution in [3.05, 3.63) is 76.2 Å². The van der Waals surface area contributed by atoms with E-state index in [-0.39, 0.29) is 18.0 Å². The van der Waals surface area contributed by atoms with Crippen molar-refractivity contribution >= 4 is 16.7 Å². The molecule has 32 heavy (non-hydrogen) atoms. The van der Waals surface area contributed by atoms with Gasteiger partial charge in [0.1, 0.15) is 6.54 Å². The number of hydrogen-bond donors (Lipinski definition) is 0. The van der Waals surface area contributed by atoms with E-state index in [9.17, 15) is 22.8 Å². The van der Waals surface area contributed by atoms with E-state index in [0.29, 0.717) is 31.6 Å². The highest BCUT2D eigenvalue weighted by Crippen LogP contribution is 2.29. The van der Waals surface area contributed by atoms with E-state index in [1.54, 1.807) is 29.3 Å². The van der Waals surface area contributed by atoms with Crippen LogP contribution in [-0.2, 0) is 24.1 Å². The molecule has 1 saturated heterocycles. The largest absolute Gasteiger partial charge is 0.416 e. The normalized spacial score (nSPS) is 15.7. The molecule has 0 unspecified atom stereocenters. The summed E-state index contributed by atoms with van der Waals surface area (Å²) in [5, 5.41) is 5.38. The van der Waals surface area contributed by atoms with Crippen LogP contribution in [-0.4, -0.2) is 51.7 Å². The fourth-order valence-corrected chi connectivity index (χ4v) is 3.90. The van der Waals surface area contributed by atoms with Crippen LogP contribution in [0.25, 0.3) is 10.8 Å². The van der Waals surface area contributed by atoms with E-state index in [4.69, 9.17) is 0 Å². The minimum Gasteiger partial charge on any atom is -0.340 e. The zero-order valence-electron chi connectivity index (χ0n) is 17.4. The lowest BCUT2D eigenvalue weighted by atomic mass is 10.1. The molecule has 168 valence electrons. The number of carbonyl (C=O) groups is 1. The molecule has 0 bridgehead atoms. The minimum absolute atomic E-state index is 0.122. The smallest absolute Gasteiger partial charge is 0.340 e. The second-order valence-corrected chi connectivity index (χ2v) is 7.90. The molecule has 4 rings (SSSR count). The Labute approximate surface area is 182 Å². The van der Waals surface area contributed by atoms with Gasteiger partial charge < -0.3 is 4.90 Å². The Bertz CT molecular complexity index is 1160. The highest BCUT2D eigenvalue weighted by atomic mass is 19.4. The summed E-state index contributed by atoms with van der Waals surface area (Å²) >= 11 is 0. The third kappa shape index (κ3) is 4.99. The lowest BCUT2D eigenvalue weighted by molar-refractivity contribution is -0.137. The number of rotatable bonds is 4. The molecule has 1 fully saturated rings. The summed E-state index contributed by atoms with van der Waals surface area (Å²) in [7, 11) is 0. The van der Waals surface area contributed by atoms with Crippen LogP contribution in [0.1, 0.15) is 17.5 Å². The summed E-state index contributed by atoms with van der Waals surface area (Å²) in [6.45, 7) is 2.78. The van der Waals surface area contributed by atoms with Crippen LogP contribution < -0.4 is 5.56 Å². The number of aromatic nitrogens is 2. The van der Waals surface area contributed by atoms with Gasteiger partial charge in [-0.15, -0.1) is 0 Å². The molecule has 0 spiro atoms. The van der Waals surface area contributed by atoms with Gasteiger partial charge in [0.2, 0.25) is 5.91 Å². The van der Waals surface area contributed by atoms with Gasteiger partial charge in [0.25, 0.3) is 5.56 Å². The predicted octanol–water partition coefficient (Wildman–Crippen LogP) is 3.15. The number of hydrogen-bond acceptors (Lipinski definition) is 4. The van der Waals surface area contributed by atoms with Crippen molar-refractivity contribution in [3.63, 3.8) is 0 Å². The molecule has 1 aromatic heterocycles. The molecule has 0 atom stereocenters. The first-order chi connectivity index (χ1) is 15.3. The minimum atomic E-state index is -4.34. The molecule has 1 amide bonds. The van der Waals surface area contributed by atoms with Gasteiger partial charge in [0, 0.05) is 38.1 Å². The summed E-state index contributed by atoms with van der Waals surface area (Å²) < 4.78 is 39.4. The van der Waals surface area contributed by atoms with E-state index < -0.39 is 11.7 Å². The van der Waals surface area contributed by atoms with Crippen molar-refractivity contribution in [3.8, 4) is 0 Å². The number of halogens is 3. The molecule has 0 aliphatic carbocycles. The first kappa shape index (κ1) is 22.0. The molecule has 2 heterocycles. The van der Waals surface area contributed by atoms with Crippen LogP contribution in [0.4, 0.5) is 13.2 Å². The van der Waals surface area contributed by atoms with E-state index in [2.05, 4.69) is 10.00 Å². The quantitative estimate of drug-likeness (QED) is 0.621. The van der Waals surface area contributed by atoms with Gasteiger partial charge in [-0.05, 0) is 30.2 Å². The van der Waals surface area contributed by atoms with Gasteiger partial charge in [-0.2, -0.15) is 18.3 Å². The molecule has 6 nitrogen and oxygen atoms in total. The average molecular weight is 444 g/mol. The Balaban J connectivity index is 1.36. The van der Waals surface area contributed by atoms with E-state index in [1.165, 1.54) is 16.8 Å². The van der Waals surface area contributed by atoms with Crippen molar-refractivity contribution < 1.29 is 18.0 Å². The number of carbonyl (C=O) groups excluding carboxylic acids is 1. The maximum absolute atomic E-state index is 12.8. The summed E-state index contributed by atoms with van der Waals surface area (Å²) in [4.78, 5) is 29.3. The summed E-state index contributed by atoms with van der Waals surface area (Å²) in [6, 6.07) is 12.3. The molecule has 0 saturated carbocycles. The summed E-state index contributed by atoms with van der Waals surface area (Å²) in [6.07, 6.45) is -2.02. The maximum Gasteiger partial charge on any atom is 0.416 e. The Morgan fingerprint density at radius 2 is 1.72 bits per heavy atom. The highest BCUT2D eigenvalue weighted by molar-refractivity contribution is 5.81. The molecular formula is C23H23F3N4O2. The van der Waals surface area contributed by atoms with Gasteiger partial charge >= 0.3 is 6.18 Å². The van der Waals surface area contributed by atoms with E-state index in [0.717, 1.165) is 36.0 Å². The van der Waals surface area contributed by atoms with Crippen LogP contribution >= 0.6 is 0 Å². The van der Waals surface area contributed by atoms with Crippen molar-refractivity contribution in [2.75, 3.05) is 26.2 Å². The van der Waals surface area contributed by atoms with Crippen LogP contribution in [0.15, 0.2) is 59.5 Å². The number of fused-ring (bicyclic) bond motifs is 1. The van der Waals surface area contributed by atoms with Gasteiger partial charge in [-0.25, -0.2) is 4.68 Å². The second-order valence-electron chi connectivity index (χ2n) is 7.90. The van der Waals surface area contributed by atoms with Crippen molar-refractivity contribution in [1.29, 1.82) is 0 Å². The van der Waals surface area contributed by atoms with Crippen LogP contribution in [0.5, 0.6) is 0 Å². The third-order valence-electron chi connectivity index (χ3n) is 5.68. The van der Waals surface area contributed by atoms with Crippen LogP contribution in [0, 0.1) is 0 Å². The Morgan fingerprint density at radius 3 is 2.47 bits per heavy atom. The zero-order chi connectivity index (χ0) is 22.7. The SMILES string of the molecule is O=C(Cn1ncc2ccccc2c1=O)N1CCCN(Cc2ccc(C(F)(F)F)cc2)CC1. The van der Waals surface area contributed by atoms with Gasteiger partial charge in [-0.3, -0.25) is 14.5 Å². The highest BCUT2D eigenvalue weighted by Gasteiger charge is 2.30. The zero-order valence-corrected chi connectivity index (χ0v) is 17.4. The maximum atomic E-state index is 12.8.